The predicted molar refractivity (Wildman–Crippen MR) is 47.2 cm³/mol. The van der Waals surface area contributed by atoms with Gasteiger partial charge in [-0.3, -0.25) is 9.68 Å². The van der Waals surface area contributed by atoms with Crippen molar-refractivity contribution in [2.75, 3.05) is 0 Å². The zero-order chi connectivity index (χ0) is 11.4. The minimum atomic E-state index is -1.20. The molecule has 1 unspecified atom stereocenters. The van der Waals surface area contributed by atoms with Crippen molar-refractivity contribution >= 4 is 11.9 Å². The Morgan fingerprint density at radius 3 is 2.29 bits per heavy atom. The molecular formula is C8H15NO5. The molecule has 82 valence electrons. The molecule has 0 amide bonds. The summed E-state index contributed by atoms with van der Waals surface area (Å²) in [6, 6.07) is -1.20. The van der Waals surface area contributed by atoms with Gasteiger partial charge in [0.2, 0.25) is 0 Å². The average molecular weight is 205 g/mol. The first kappa shape index (κ1) is 12.9. The summed E-state index contributed by atoms with van der Waals surface area (Å²) in [5.41, 5.74) is 4.59. The van der Waals surface area contributed by atoms with Gasteiger partial charge in [0.25, 0.3) is 0 Å². The van der Waals surface area contributed by atoms with E-state index in [4.69, 9.17) is 15.7 Å². The molecule has 0 radical (unpaired) electrons. The lowest BCUT2D eigenvalue weighted by Crippen LogP contribution is -2.36. The van der Waals surface area contributed by atoms with Crippen molar-refractivity contribution in [3.8, 4) is 0 Å². The average Bonchev–Trinajstić information content (AvgIpc) is 1.99. The van der Waals surface area contributed by atoms with E-state index in [2.05, 4.69) is 4.89 Å². The molecule has 14 heavy (non-hydrogen) atoms. The summed E-state index contributed by atoms with van der Waals surface area (Å²) >= 11 is 0. The highest BCUT2D eigenvalue weighted by Gasteiger charge is 2.23. The van der Waals surface area contributed by atoms with Gasteiger partial charge in [0, 0.05) is 0 Å². The van der Waals surface area contributed by atoms with Gasteiger partial charge in [0.1, 0.15) is 11.6 Å². The third kappa shape index (κ3) is 5.50. The number of carbonyl (C=O) groups excluding carboxylic acids is 2. The van der Waals surface area contributed by atoms with Crippen LogP contribution >= 0.6 is 0 Å². The van der Waals surface area contributed by atoms with Gasteiger partial charge < -0.3 is 10.5 Å². The van der Waals surface area contributed by atoms with Crippen molar-refractivity contribution in [2.24, 2.45) is 5.73 Å². The monoisotopic (exact) mass is 205 g/mol. The van der Waals surface area contributed by atoms with E-state index in [1.54, 1.807) is 20.8 Å². The molecule has 0 aromatic carbocycles. The molecule has 6 heteroatoms. The normalized spacial score (nSPS) is 13.2. The lowest BCUT2D eigenvalue weighted by atomic mass is 10.2. The second-order valence-corrected chi connectivity index (χ2v) is 3.81. The highest BCUT2D eigenvalue weighted by molar-refractivity contribution is 5.82. The van der Waals surface area contributed by atoms with Crippen LogP contribution in [0.25, 0.3) is 0 Å². The predicted octanol–water partition coefficient (Wildman–Crippen LogP) is 0.0617. The van der Waals surface area contributed by atoms with E-state index in [0.717, 1.165) is 0 Å². The van der Waals surface area contributed by atoms with Crippen LogP contribution in [-0.4, -0.2) is 28.8 Å². The fourth-order valence-electron chi connectivity index (χ4n) is 0.714. The van der Waals surface area contributed by atoms with E-state index in [-0.39, 0.29) is 6.42 Å². The Labute approximate surface area is 81.9 Å². The molecule has 0 saturated heterocycles. The van der Waals surface area contributed by atoms with Gasteiger partial charge in [-0.05, 0) is 20.8 Å². The Bertz CT molecular complexity index is 220. The minimum absolute atomic E-state index is 0.323. The molecule has 0 saturated carbocycles. The Kier molecular flexibility index (Phi) is 4.52. The van der Waals surface area contributed by atoms with Crippen LogP contribution in [0.1, 0.15) is 27.2 Å². The number of carbonyl (C=O) groups is 2. The molecule has 0 aromatic heterocycles. The van der Waals surface area contributed by atoms with Crippen LogP contribution in [0.4, 0.5) is 0 Å². The van der Waals surface area contributed by atoms with E-state index in [1.165, 1.54) is 0 Å². The van der Waals surface area contributed by atoms with E-state index >= 15 is 0 Å². The van der Waals surface area contributed by atoms with Crippen molar-refractivity contribution in [1.82, 2.24) is 0 Å². The molecule has 0 aromatic rings. The lowest BCUT2D eigenvalue weighted by Gasteiger charge is -2.20. The van der Waals surface area contributed by atoms with Gasteiger partial charge in [-0.25, -0.2) is 4.79 Å². The van der Waals surface area contributed by atoms with E-state index < -0.39 is 23.6 Å². The maximum absolute atomic E-state index is 11.1. The fourth-order valence-corrected chi connectivity index (χ4v) is 0.714. The molecular weight excluding hydrogens is 190 g/mol. The Balaban J connectivity index is 4.01. The minimum Gasteiger partial charge on any atom is -0.460 e. The second kappa shape index (κ2) is 4.92. The first-order chi connectivity index (χ1) is 6.26. The number of ether oxygens (including phenoxy) is 1. The summed E-state index contributed by atoms with van der Waals surface area (Å²) in [4.78, 5) is 25.1. The summed E-state index contributed by atoms with van der Waals surface area (Å²) in [6.45, 7) is 5.09. The van der Waals surface area contributed by atoms with Gasteiger partial charge in [-0.2, -0.15) is 5.26 Å². The Hall–Kier alpha value is -1.14. The number of esters is 1. The van der Waals surface area contributed by atoms with E-state index in [1.807, 2.05) is 0 Å². The summed E-state index contributed by atoms with van der Waals surface area (Å²) in [7, 11) is 0. The quantitative estimate of drug-likeness (QED) is 0.384. The molecule has 0 fully saturated rings. The van der Waals surface area contributed by atoms with Gasteiger partial charge in [-0.15, -0.1) is 0 Å². The number of hydrogen-bond donors (Lipinski definition) is 2. The molecule has 3 N–H and O–H groups in total. The molecule has 0 heterocycles. The van der Waals surface area contributed by atoms with Gasteiger partial charge in [-0.1, -0.05) is 0 Å². The van der Waals surface area contributed by atoms with Crippen LogP contribution in [0.3, 0.4) is 0 Å². The molecule has 0 aliphatic carbocycles. The molecule has 6 nitrogen and oxygen atoms in total. The van der Waals surface area contributed by atoms with Crippen LogP contribution in [-0.2, 0) is 19.2 Å². The lowest BCUT2D eigenvalue weighted by molar-refractivity contribution is -0.236. The van der Waals surface area contributed by atoms with E-state index in [0.29, 0.717) is 0 Å². The zero-order valence-electron chi connectivity index (χ0n) is 8.44. The van der Waals surface area contributed by atoms with Crippen LogP contribution in [0.2, 0.25) is 0 Å². The van der Waals surface area contributed by atoms with Crippen LogP contribution in [0, 0.1) is 0 Å². The van der Waals surface area contributed by atoms with Crippen LogP contribution in [0.15, 0.2) is 0 Å². The van der Waals surface area contributed by atoms with Crippen molar-refractivity contribution in [2.45, 2.75) is 38.8 Å². The number of nitrogens with two attached hydrogens (primary N) is 1. The topological polar surface area (TPSA) is 98.9 Å². The second-order valence-electron chi connectivity index (χ2n) is 3.81. The summed E-state index contributed by atoms with van der Waals surface area (Å²) in [6.07, 6.45) is -0.323. The molecule has 0 bridgehead atoms. The Morgan fingerprint density at radius 1 is 1.43 bits per heavy atom. The number of rotatable bonds is 3. The van der Waals surface area contributed by atoms with Crippen molar-refractivity contribution in [3.05, 3.63) is 0 Å². The number of hydrogen-bond acceptors (Lipinski definition) is 6. The molecule has 1 atom stereocenters. The summed E-state index contributed by atoms with van der Waals surface area (Å²) in [5.74, 6) is -1.67. The SMILES string of the molecule is CC(C)(C)OC(=O)CC(N)C(=O)OO. The van der Waals surface area contributed by atoms with E-state index in [9.17, 15) is 9.59 Å². The largest absolute Gasteiger partial charge is 0.460 e. The highest BCUT2D eigenvalue weighted by Crippen LogP contribution is 2.08. The van der Waals surface area contributed by atoms with Crippen molar-refractivity contribution < 1.29 is 24.5 Å². The fraction of sp³-hybridized carbons (Fsp3) is 0.750. The first-order valence-corrected chi connectivity index (χ1v) is 4.09. The maximum Gasteiger partial charge on any atom is 0.359 e. The van der Waals surface area contributed by atoms with Crippen LogP contribution in [0.5, 0.6) is 0 Å². The van der Waals surface area contributed by atoms with Crippen LogP contribution < -0.4 is 5.73 Å². The molecule has 0 rings (SSSR count). The van der Waals surface area contributed by atoms with Gasteiger partial charge in [0.15, 0.2) is 0 Å². The summed E-state index contributed by atoms with van der Waals surface area (Å²) < 4.78 is 4.89. The van der Waals surface area contributed by atoms with Crippen molar-refractivity contribution in [3.63, 3.8) is 0 Å². The summed E-state index contributed by atoms with van der Waals surface area (Å²) in [5, 5.41) is 7.97. The molecule has 0 aliphatic rings. The maximum atomic E-state index is 11.1. The van der Waals surface area contributed by atoms with Gasteiger partial charge >= 0.3 is 11.9 Å². The standard InChI is InChI=1S/C8H15NO5/c1-8(2,3)13-6(10)4-5(9)7(11)14-12/h5,12H,4,9H2,1-3H3. The molecule has 0 spiro atoms. The zero-order valence-corrected chi connectivity index (χ0v) is 8.44. The third-order valence-corrected chi connectivity index (χ3v) is 1.20. The van der Waals surface area contributed by atoms with Crippen molar-refractivity contribution in [1.29, 1.82) is 0 Å². The van der Waals surface area contributed by atoms with Gasteiger partial charge in [0.05, 0.1) is 6.42 Å². The first-order valence-electron chi connectivity index (χ1n) is 4.09. The third-order valence-electron chi connectivity index (χ3n) is 1.20. The smallest absolute Gasteiger partial charge is 0.359 e. The highest BCUT2D eigenvalue weighted by atomic mass is 17.1. The Morgan fingerprint density at radius 2 is 1.93 bits per heavy atom. The molecule has 0 aliphatic heterocycles.